The highest BCUT2D eigenvalue weighted by Gasteiger charge is 2.36. The van der Waals surface area contributed by atoms with Gasteiger partial charge in [-0.1, -0.05) is 23.8 Å². The summed E-state index contributed by atoms with van der Waals surface area (Å²) in [5, 5.41) is 0. The molecule has 0 bridgehead atoms. The summed E-state index contributed by atoms with van der Waals surface area (Å²) >= 11 is 2.05. The van der Waals surface area contributed by atoms with E-state index < -0.39 is 10.6 Å². The molecule has 0 aliphatic rings. The predicted octanol–water partition coefficient (Wildman–Crippen LogP) is 3.47. The predicted molar refractivity (Wildman–Crippen MR) is 54.1 cm³/mol. The van der Waals surface area contributed by atoms with Crippen molar-refractivity contribution in [1.82, 2.24) is 0 Å². The van der Waals surface area contributed by atoms with Gasteiger partial charge in [-0.2, -0.15) is 8.78 Å². The minimum atomic E-state index is -3.48. The van der Waals surface area contributed by atoms with Gasteiger partial charge >= 0.3 is 4.83 Å². The molecule has 0 saturated carbocycles. The maximum absolute atomic E-state index is 12.6. The normalized spacial score (nSPS) is 11.5. The van der Waals surface area contributed by atoms with Crippen LogP contribution < -0.4 is 0 Å². The second-order valence-electron chi connectivity index (χ2n) is 3.15. The van der Waals surface area contributed by atoms with Gasteiger partial charge in [0.2, 0.25) is 5.78 Å². The summed E-state index contributed by atoms with van der Waals surface area (Å²) in [4.78, 5) is 7.72. The Labute approximate surface area is 89.3 Å². The summed E-state index contributed by atoms with van der Waals surface area (Å²) in [7, 11) is 0. The van der Waals surface area contributed by atoms with Crippen LogP contribution in [0.25, 0.3) is 0 Å². The minimum absolute atomic E-state index is 0.0532. The maximum atomic E-state index is 12.6. The standard InChI is InChI=1S/C10H9BrF2O/c1-6-3-4-8(7(2)5-6)9(14)10(11,12)13/h3-5H,1-2H3. The van der Waals surface area contributed by atoms with E-state index in [1.54, 1.807) is 19.1 Å². The van der Waals surface area contributed by atoms with Crippen molar-refractivity contribution in [2.45, 2.75) is 18.7 Å². The van der Waals surface area contributed by atoms with Crippen LogP contribution in [-0.4, -0.2) is 10.6 Å². The Morgan fingerprint density at radius 2 is 1.93 bits per heavy atom. The van der Waals surface area contributed by atoms with Crippen molar-refractivity contribution in [1.29, 1.82) is 0 Å². The molecule has 14 heavy (non-hydrogen) atoms. The van der Waals surface area contributed by atoms with Gasteiger partial charge in [0.25, 0.3) is 0 Å². The number of carbonyl (C=O) groups is 1. The molecule has 0 N–H and O–H groups in total. The zero-order valence-electron chi connectivity index (χ0n) is 7.77. The van der Waals surface area contributed by atoms with Crippen LogP contribution >= 0.6 is 15.9 Å². The number of rotatable bonds is 2. The molecule has 1 aromatic carbocycles. The van der Waals surface area contributed by atoms with Crippen LogP contribution in [0.4, 0.5) is 8.78 Å². The number of carbonyl (C=O) groups excluding carboxylic acids is 1. The van der Waals surface area contributed by atoms with E-state index in [-0.39, 0.29) is 5.56 Å². The topological polar surface area (TPSA) is 17.1 Å². The molecule has 0 aliphatic carbocycles. The van der Waals surface area contributed by atoms with Gasteiger partial charge in [0.1, 0.15) is 0 Å². The van der Waals surface area contributed by atoms with E-state index in [1.165, 1.54) is 6.07 Å². The van der Waals surface area contributed by atoms with Gasteiger partial charge in [0.15, 0.2) is 0 Å². The third-order valence-corrected chi connectivity index (χ3v) is 2.24. The van der Waals surface area contributed by atoms with Crippen LogP contribution in [0, 0.1) is 13.8 Å². The van der Waals surface area contributed by atoms with Crippen LogP contribution in [0.5, 0.6) is 0 Å². The zero-order chi connectivity index (χ0) is 10.9. The lowest BCUT2D eigenvalue weighted by atomic mass is 10.0. The van der Waals surface area contributed by atoms with Crippen LogP contribution in [0.3, 0.4) is 0 Å². The molecule has 1 aromatic rings. The van der Waals surface area contributed by atoms with Crippen LogP contribution in [0.2, 0.25) is 0 Å². The number of hydrogen-bond acceptors (Lipinski definition) is 1. The van der Waals surface area contributed by atoms with E-state index in [4.69, 9.17) is 0 Å². The first-order chi connectivity index (χ1) is 6.32. The average Bonchev–Trinajstić information content (AvgIpc) is 2.01. The van der Waals surface area contributed by atoms with Crippen molar-refractivity contribution in [2.75, 3.05) is 0 Å². The van der Waals surface area contributed by atoms with Crippen molar-refractivity contribution in [3.05, 3.63) is 34.9 Å². The molecule has 0 heterocycles. The lowest BCUT2D eigenvalue weighted by molar-refractivity contribution is 0.0592. The molecular weight excluding hydrogens is 254 g/mol. The van der Waals surface area contributed by atoms with Crippen LogP contribution in [0.1, 0.15) is 21.5 Å². The minimum Gasteiger partial charge on any atom is -0.286 e. The number of halogens is 3. The molecule has 0 saturated heterocycles. The Hall–Kier alpha value is -0.770. The summed E-state index contributed by atoms with van der Waals surface area (Å²) in [5.41, 5.74) is 1.56. The first kappa shape index (κ1) is 11.3. The fraction of sp³-hybridized carbons (Fsp3) is 0.300. The molecule has 0 unspecified atom stereocenters. The van der Waals surface area contributed by atoms with E-state index >= 15 is 0 Å². The van der Waals surface area contributed by atoms with E-state index in [9.17, 15) is 13.6 Å². The molecule has 0 atom stereocenters. The van der Waals surface area contributed by atoms with Gasteiger partial charge in [0, 0.05) is 5.56 Å². The van der Waals surface area contributed by atoms with Crippen LogP contribution in [0.15, 0.2) is 18.2 Å². The molecular formula is C10H9BrF2O. The number of hydrogen-bond donors (Lipinski definition) is 0. The third-order valence-electron chi connectivity index (χ3n) is 1.88. The highest BCUT2D eigenvalue weighted by molar-refractivity contribution is 9.10. The Kier molecular flexibility index (Phi) is 3.04. The summed E-state index contributed by atoms with van der Waals surface area (Å²) in [6, 6.07) is 4.76. The van der Waals surface area contributed by atoms with E-state index in [2.05, 4.69) is 15.9 Å². The first-order valence-electron chi connectivity index (χ1n) is 4.01. The Bertz CT molecular complexity index is 369. The highest BCUT2D eigenvalue weighted by atomic mass is 79.9. The summed E-state index contributed by atoms with van der Waals surface area (Å²) in [6.07, 6.45) is 0. The fourth-order valence-corrected chi connectivity index (χ4v) is 1.43. The summed E-state index contributed by atoms with van der Waals surface area (Å²) < 4.78 is 25.3. The average molecular weight is 263 g/mol. The van der Waals surface area contributed by atoms with Gasteiger partial charge in [-0.25, -0.2) is 0 Å². The first-order valence-corrected chi connectivity index (χ1v) is 4.80. The molecule has 0 radical (unpaired) electrons. The number of aryl methyl sites for hydroxylation is 2. The van der Waals surface area contributed by atoms with Gasteiger partial charge < -0.3 is 0 Å². The van der Waals surface area contributed by atoms with Crippen molar-refractivity contribution < 1.29 is 13.6 Å². The summed E-state index contributed by atoms with van der Waals surface area (Å²) in [6.45, 7) is 3.48. The molecule has 1 rings (SSSR count). The lowest BCUT2D eigenvalue weighted by Gasteiger charge is -2.09. The van der Waals surface area contributed by atoms with Gasteiger partial charge in [0.05, 0.1) is 0 Å². The van der Waals surface area contributed by atoms with E-state index in [0.717, 1.165) is 5.56 Å². The fourth-order valence-electron chi connectivity index (χ4n) is 1.22. The quantitative estimate of drug-likeness (QED) is 0.589. The van der Waals surface area contributed by atoms with Crippen molar-refractivity contribution in [3.8, 4) is 0 Å². The van der Waals surface area contributed by atoms with Crippen molar-refractivity contribution in [3.63, 3.8) is 0 Å². The SMILES string of the molecule is Cc1ccc(C(=O)C(F)(F)Br)c(C)c1. The molecule has 1 nitrogen and oxygen atoms in total. The van der Waals surface area contributed by atoms with E-state index in [0.29, 0.717) is 5.56 Å². The number of ketones is 1. The Balaban J connectivity index is 3.15. The summed E-state index contributed by atoms with van der Waals surface area (Å²) in [5.74, 6) is -1.20. The number of alkyl halides is 3. The molecule has 0 spiro atoms. The van der Waals surface area contributed by atoms with Crippen molar-refractivity contribution >= 4 is 21.7 Å². The molecule has 76 valence electrons. The lowest BCUT2D eigenvalue weighted by Crippen LogP contribution is -2.21. The highest BCUT2D eigenvalue weighted by Crippen LogP contribution is 2.28. The number of benzene rings is 1. The maximum Gasteiger partial charge on any atom is 0.363 e. The molecule has 0 fully saturated rings. The Morgan fingerprint density at radius 1 is 1.36 bits per heavy atom. The van der Waals surface area contributed by atoms with Gasteiger partial charge in [-0.05, 0) is 35.3 Å². The molecule has 4 heteroatoms. The van der Waals surface area contributed by atoms with Crippen LogP contribution in [-0.2, 0) is 0 Å². The third kappa shape index (κ3) is 2.38. The zero-order valence-corrected chi connectivity index (χ0v) is 9.36. The second-order valence-corrected chi connectivity index (χ2v) is 4.14. The van der Waals surface area contributed by atoms with E-state index in [1.807, 2.05) is 6.92 Å². The van der Waals surface area contributed by atoms with Crippen molar-refractivity contribution in [2.24, 2.45) is 0 Å². The largest absolute Gasteiger partial charge is 0.363 e. The molecule has 0 amide bonds. The Morgan fingerprint density at radius 3 is 2.36 bits per heavy atom. The molecule has 0 aromatic heterocycles. The monoisotopic (exact) mass is 262 g/mol. The second kappa shape index (κ2) is 3.77. The number of Topliss-reactive ketones (excluding diaryl/α,β-unsaturated/α-hetero) is 1. The van der Waals surface area contributed by atoms with Gasteiger partial charge in [-0.15, -0.1) is 0 Å². The molecule has 0 aliphatic heterocycles. The smallest absolute Gasteiger partial charge is 0.286 e. The van der Waals surface area contributed by atoms with Gasteiger partial charge in [-0.3, -0.25) is 4.79 Å².